The summed E-state index contributed by atoms with van der Waals surface area (Å²) in [6.07, 6.45) is -4.07. The molecule has 1 rings (SSSR count). The van der Waals surface area contributed by atoms with Gasteiger partial charge in [-0.3, -0.25) is 0 Å². The number of ether oxygens (including phenoxy) is 1. The summed E-state index contributed by atoms with van der Waals surface area (Å²) in [5.41, 5.74) is 7.17. The highest BCUT2D eigenvalue weighted by atomic mass is 19.4. The Morgan fingerprint density at radius 3 is 2.61 bits per heavy atom. The molecule has 0 spiro atoms. The van der Waals surface area contributed by atoms with E-state index in [1.54, 1.807) is 13.0 Å². The molecule has 0 saturated carbocycles. The zero-order valence-corrected chi connectivity index (χ0v) is 9.93. The molecule has 0 fully saturated rings. The number of hydrogen-bond donors (Lipinski definition) is 1. The molecule has 0 heterocycles. The summed E-state index contributed by atoms with van der Waals surface area (Å²) < 4.78 is 52.9. The molecule has 0 aliphatic rings. The molecule has 0 aromatic heterocycles. The van der Waals surface area contributed by atoms with Crippen molar-refractivity contribution in [2.45, 2.75) is 25.6 Å². The molecule has 0 bridgehead atoms. The van der Waals surface area contributed by atoms with Crippen molar-refractivity contribution in [2.24, 2.45) is 5.73 Å². The van der Waals surface area contributed by atoms with Gasteiger partial charge in [0.15, 0.2) is 0 Å². The van der Waals surface area contributed by atoms with Crippen LogP contribution in [0.4, 0.5) is 17.6 Å². The predicted octanol–water partition coefficient (Wildman–Crippen LogP) is 2.58. The third-order valence-corrected chi connectivity index (χ3v) is 2.39. The molecule has 0 radical (unpaired) electrons. The van der Waals surface area contributed by atoms with Crippen LogP contribution in [0.15, 0.2) is 18.2 Å². The van der Waals surface area contributed by atoms with Gasteiger partial charge in [-0.15, -0.1) is 0 Å². The van der Waals surface area contributed by atoms with Gasteiger partial charge >= 0.3 is 6.18 Å². The van der Waals surface area contributed by atoms with E-state index in [1.807, 2.05) is 0 Å². The largest absolute Gasteiger partial charge is 0.411 e. The van der Waals surface area contributed by atoms with Crippen LogP contribution in [0.3, 0.4) is 0 Å². The Bertz CT molecular complexity index is 392. The third-order valence-electron chi connectivity index (χ3n) is 2.39. The van der Waals surface area contributed by atoms with Crippen molar-refractivity contribution in [3.63, 3.8) is 0 Å². The van der Waals surface area contributed by atoms with Gasteiger partial charge in [-0.25, -0.2) is 4.39 Å². The summed E-state index contributed by atoms with van der Waals surface area (Å²) in [6.45, 7) is 0.260. The fourth-order valence-corrected chi connectivity index (χ4v) is 1.53. The SMILES string of the molecule is Cc1ccc(F)cc1CC(N)COCC(F)(F)F. The molecule has 0 saturated heterocycles. The van der Waals surface area contributed by atoms with Crippen LogP contribution >= 0.6 is 0 Å². The van der Waals surface area contributed by atoms with Crippen molar-refractivity contribution in [2.75, 3.05) is 13.2 Å². The van der Waals surface area contributed by atoms with Crippen molar-refractivity contribution in [3.05, 3.63) is 35.1 Å². The van der Waals surface area contributed by atoms with Gasteiger partial charge in [-0.05, 0) is 36.6 Å². The van der Waals surface area contributed by atoms with E-state index in [0.29, 0.717) is 5.56 Å². The van der Waals surface area contributed by atoms with Crippen molar-refractivity contribution in [1.29, 1.82) is 0 Å². The molecule has 6 heteroatoms. The van der Waals surface area contributed by atoms with E-state index in [0.717, 1.165) is 5.56 Å². The monoisotopic (exact) mass is 265 g/mol. The Morgan fingerprint density at radius 1 is 1.33 bits per heavy atom. The lowest BCUT2D eigenvalue weighted by molar-refractivity contribution is -0.174. The normalized spacial score (nSPS) is 13.7. The summed E-state index contributed by atoms with van der Waals surface area (Å²) in [4.78, 5) is 0. The van der Waals surface area contributed by atoms with Crippen LogP contribution < -0.4 is 5.73 Å². The Morgan fingerprint density at radius 2 is 2.00 bits per heavy atom. The molecule has 1 unspecified atom stereocenters. The quantitative estimate of drug-likeness (QED) is 0.830. The number of nitrogens with two attached hydrogens (primary N) is 1. The predicted molar refractivity (Wildman–Crippen MR) is 59.7 cm³/mol. The minimum atomic E-state index is -4.35. The van der Waals surface area contributed by atoms with Gasteiger partial charge in [0.25, 0.3) is 0 Å². The molecule has 0 aliphatic heterocycles. The zero-order valence-electron chi connectivity index (χ0n) is 9.93. The zero-order chi connectivity index (χ0) is 13.8. The fraction of sp³-hybridized carbons (Fsp3) is 0.500. The molecule has 102 valence electrons. The summed E-state index contributed by atoms with van der Waals surface area (Å²) in [6, 6.07) is 3.67. The van der Waals surface area contributed by atoms with E-state index in [-0.39, 0.29) is 18.8 Å². The van der Waals surface area contributed by atoms with E-state index in [1.165, 1.54) is 12.1 Å². The van der Waals surface area contributed by atoms with Crippen molar-refractivity contribution >= 4 is 0 Å². The van der Waals surface area contributed by atoms with Crippen molar-refractivity contribution < 1.29 is 22.3 Å². The second-order valence-electron chi connectivity index (χ2n) is 4.17. The maximum Gasteiger partial charge on any atom is 0.411 e. The van der Waals surface area contributed by atoms with Crippen LogP contribution in [-0.2, 0) is 11.2 Å². The van der Waals surface area contributed by atoms with E-state index in [2.05, 4.69) is 4.74 Å². The fourth-order valence-electron chi connectivity index (χ4n) is 1.53. The van der Waals surface area contributed by atoms with Crippen molar-refractivity contribution in [3.8, 4) is 0 Å². The highest BCUT2D eigenvalue weighted by Crippen LogP contribution is 2.15. The van der Waals surface area contributed by atoms with Gasteiger partial charge in [-0.1, -0.05) is 6.07 Å². The first-order chi connectivity index (χ1) is 8.28. The highest BCUT2D eigenvalue weighted by molar-refractivity contribution is 5.27. The highest BCUT2D eigenvalue weighted by Gasteiger charge is 2.27. The number of halogens is 4. The van der Waals surface area contributed by atoms with Crippen LogP contribution in [0.2, 0.25) is 0 Å². The lowest BCUT2D eigenvalue weighted by Crippen LogP contribution is -2.31. The minimum absolute atomic E-state index is 0.213. The molecular formula is C12H15F4NO. The molecule has 0 aliphatic carbocycles. The summed E-state index contributed by atoms with van der Waals surface area (Å²) in [5.74, 6) is -0.390. The van der Waals surface area contributed by atoms with Gasteiger partial charge in [-0.2, -0.15) is 13.2 Å². The maximum absolute atomic E-state index is 13.0. The topological polar surface area (TPSA) is 35.2 Å². The number of rotatable bonds is 5. The van der Waals surface area contributed by atoms with Gasteiger partial charge in [0, 0.05) is 6.04 Å². The maximum atomic E-state index is 13.0. The van der Waals surface area contributed by atoms with E-state index in [9.17, 15) is 17.6 Å². The summed E-state index contributed by atoms with van der Waals surface area (Å²) >= 11 is 0. The minimum Gasteiger partial charge on any atom is -0.370 e. The smallest absolute Gasteiger partial charge is 0.370 e. The molecule has 18 heavy (non-hydrogen) atoms. The first-order valence-corrected chi connectivity index (χ1v) is 5.43. The Labute approximate surface area is 103 Å². The molecule has 1 atom stereocenters. The summed E-state index contributed by atoms with van der Waals surface area (Å²) in [5, 5.41) is 0. The van der Waals surface area contributed by atoms with Crippen LogP contribution in [0.25, 0.3) is 0 Å². The number of alkyl halides is 3. The number of benzene rings is 1. The first-order valence-electron chi connectivity index (χ1n) is 5.43. The lowest BCUT2D eigenvalue weighted by Gasteiger charge is -2.14. The average Bonchev–Trinajstić information content (AvgIpc) is 2.21. The Kier molecular flexibility index (Phi) is 5.10. The van der Waals surface area contributed by atoms with Crippen LogP contribution in [0.1, 0.15) is 11.1 Å². The molecule has 2 nitrogen and oxygen atoms in total. The molecule has 2 N–H and O–H groups in total. The van der Waals surface area contributed by atoms with Crippen molar-refractivity contribution in [1.82, 2.24) is 0 Å². The second-order valence-corrected chi connectivity index (χ2v) is 4.17. The number of hydrogen-bond acceptors (Lipinski definition) is 2. The van der Waals surface area contributed by atoms with Gasteiger partial charge in [0.05, 0.1) is 6.61 Å². The molecular weight excluding hydrogens is 250 g/mol. The van der Waals surface area contributed by atoms with E-state index >= 15 is 0 Å². The molecule has 1 aromatic rings. The van der Waals surface area contributed by atoms with Crippen LogP contribution in [0.5, 0.6) is 0 Å². The summed E-state index contributed by atoms with van der Waals surface area (Å²) in [7, 11) is 0. The second kappa shape index (κ2) is 6.15. The van der Waals surface area contributed by atoms with Crippen LogP contribution in [0, 0.1) is 12.7 Å². The molecule has 1 aromatic carbocycles. The van der Waals surface area contributed by atoms with Crippen LogP contribution in [-0.4, -0.2) is 25.4 Å². The third kappa shape index (κ3) is 5.46. The first kappa shape index (κ1) is 14.9. The Hall–Kier alpha value is -1.14. The average molecular weight is 265 g/mol. The lowest BCUT2D eigenvalue weighted by atomic mass is 10.0. The van der Waals surface area contributed by atoms with E-state index < -0.39 is 18.8 Å². The van der Waals surface area contributed by atoms with Gasteiger partial charge < -0.3 is 10.5 Å². The number of aryl methyl sites for hydroxylation is 1. The Balaban J connectivity index is 2.44. The van der Waals surface area contributed by atoms with Gasteiger partial charge in [0.2, 0.25) is 0 Å². The van der Waals surface area contributed by atoms with Gasteiger partial charge in [0.1, 0.15) is 12.4 Å². The van der Waals surface area contributed by atoms with E-state index in [4.69, 9.17) is 5.73 Å². The standard InChI is InChI=1S/C12H15F4NO/c1-8-2-3-10(13)4-9(8)5-11(17)6-18-7-12(14,15)16/h2-4,11H,5-7,17H2,1H3. The molecule has 0 amide bonds.